The Bertz CT molecular complexity index is 773. The molecule has 0 heterocycles. The quantitative estimate of drug-likeness (QED) is 0.389. The van der Waals surface area contributed by atoms with Crippen molar-refractivity contribution >= 4 is 6.29 Å². The fraction of sp³-hybridized carbons (Fsp3) is 0.897. The lowest BCUT2D eigenvalue weighted by atomic mass is 9.33. The molecule has 0 bridgehead atoms. The van der Waals surface area contributed by atoms with Gasteiger partial charge in [0.25, 0.3) is 0 Å². The van der Waals surface area contributed by atoms with E-state index in [1.54, 1.807) is 0 Å². The van der Waals surface area contributed by atoms with Gasteiger partial charge in [0.1, 0.15) is 6.29 Å². The Morgan fingerprint density at radius 3 is 2.32 bits per heavy atom. The van der Waals surface area contributed by atoms with Gasteiger partial charge in [-0.25, -0.2) is 0 Å². The second-order valence-electron chi connectivity index (χ2n) is 13.6. The van der Waals surface area contributed by atoms with Gasteiger partial charge in [0.05, 0.1) is 6.10 Å². The third-order valence-electron chi connectivity index (χ3n) is 12.9. The number of aliphatic hydroxyl groups is 1. The van der Waals surface area contributed by atoms with E-state index in [1.165, 1.54) is 56.8 Å². The van der Waals surface area contributed by atoms with Gasteiger partial charge in [-0.15, -0.1) is 0 Å². The standard InChI is InChI=1S/C29H46O2/c1-18(2)20-9-14-29(17-30)16-15-27(5)22(25(20)29)7-8-24-26(4)12-11-23(31)19(3)21(26)10-13-28(24,27)6/h17,19-25,31H,1,7-16H2,2-6H3/t19-,20+,21+,22?,23+,24?,25?,26+,27-,28-,29-/m1/s1. The highest BCUT2D eigenvalue weighted by molar-refractivity contribution is 5.62. The zero-order chi connectivity index (χ0) is 22.4. The highest BCUT2D eigenvalue weighted by Gasteiger charge is 2.69. The predicted molar refractivity (Wildman–Crippen MR) is 126 cm³/mol. The molecule has 1 N–H and O–H groups in total. The van der Waals surface area contributed by atoms with Crippen molar-refractivity contribution in [1.29, 1.82) is 0 Å². The molecule has 0 radical (unpaired) electrons. The minimum atomic E-state index is -0.105. The lowest BCUT2D eigenvalue weighted by molar-refractivity contribution is -0.232. The highest BCUT2D eigenvalue weighted by atomic mass is 16.3. The molecule has 0 aliphatic heterocycles. The van der Waals surface area contributed by atoms with E-state index in [2.05, 4.69) is 41.2 Å². The molecule has 0 aromatic carbocycles. The van der Waals surface area contributed by atoms with Crippen molar-refractivity contribution in [1.82, 2.24) is 0 Å². The number of fused-ring (bicyclic) bond motifs is 7. The van der Waals surface area contributed by atoms with Crippen LogP contribution in [-0.4, -0.2) is 17.5 Å². The van der Waals surface area contributed by atoms with Crippen LogP contribution in [0.5, 0.6) is 0 Å². The Morgan fingerprint density at radius 2 is 1.65 bits per heavy atom. The summed E-state index contributed by atoms with van der Waals surface area (Å²) < 4.78 is 0. The van der Waals surface area contributed by atoms with Gasteiger partial charge in [0.2, 0.25) is 0 Å². The van der Waals surface area contributed by atoms with Crippen molar-refractivity contribution in [2.24, 2.45) is 57.2 Å². The first-order valence-electron chi connectivity index (χ1n) is 13.3. The topological polar surface area (TPSA) is 37.3 Å². The number of carbonyl (C=O) groups excluding carboxylic acids is 1. The van der Waals surface area contributed by atoms with E-state index in [0.717, 1.165) is 25.2 Å². The van der Waals surface area contributed by atoms with Crippen molar-refractivity contribution in [2.75, 3.05) is 0 Å². The molecule has 174 valence electrons. The van der Waals surface area contributed by atoms with Crippen molar-refractivity contribution in [3.8, 4) is 0 Å². The fourth-order valence-electron chi connectivity index (χ4n) is 11.0. The Morgan fingerprint density at radius 1 is 0.903 bits per heavy atom. The summed E-state index contributed by atoms with van der Waals surface area (Å²) in [5, 5.41) is 10.6. The Kier molecular flexibility index (Phi) is 4.96. The zero-order valence-corrected chi connectivity index (χ0v) is 20.8. The Balaban J connectivity index is 1.55. The van der Waals surface area contributed by atoms with Crippen LogP contribution in [-0.2, 0) is 4.79 Å². The van der Waals surface area contributed by atoms with Crippen LogP contribution in [0.15, 0.2) is 12.2 Å². The number of carbonyl (C=O) groups is 1. The second-order valence-corrected chi connectivity index (χ2v) is 13.6. The van der Waals surface area contributed by atoms with Crippen LogP contribution in [0.25, 0.3) is 0 Å². The molecule has 0 saturated heterocycles. The monoisotopic (exact) mass is 426 g/mol. The molecule has 31 heavy (non-hydrogen) atoms. The van der Waals surface area contributed by atoms with Gasteiger partial charge in [-0.05, 0) is 123 Å². The number of rotatable bonds is 2. The SMILES string of the molecule is C=C(C)[C@@H]1CC[C@]2(C=O)CC[C@]3(C)C(CCC4[C@@]5(C)CC[C@H](O)[C@H](C)[C@@H]5CC[C@]43C)C12. The van der Waals surface area contributed by atoms with Gasteiger partial charge in [-0.3, -0.25) is 0 Å². The fourth-order valence-corrected chi connectivity index (χ4v) is 11.0. The van der Waals surface area contributed by atoms with Crippen molar-refractivity contribution in [3.63, 3.8) is 0 Å². The van der Waals surface area contributed by atoms with Gasteiger partial charge < -0.3 is 9.90 Å². The zero-order valence-electron chi connectivity index (χ0n) is 20.8. The molecule has 5 aliphatic rings. The molecule has 0 amide bonds. The summed E-state index contributed by atoms with van der Waals surface area (Å²) in [6.45, 7) is 16.8. The van der Waals surface area contributed by atoms with Crippen LogP contribution >= 0.6 is 0 Å². The summed E-state index contributed by atoms with van der Waals surface area (Å²) in [6.07, 6.45) is 13.2. The maximum Gasteiger partial charge on any atom is 0.126 e. The first-order chi connectivity index (χ1) is 14.5. The number of hydrogen-bond acceptors (Lipinski definition) is 2. The molecule has 5 fully saturated rings. The van der Waals surface area contributed by atoms with E-state index in [-0.39, 0.29) is 11.5 Å². The predicted octanol–water partition coefficient (Wildman–Crippen LogP) is 6.81. The van der Waals surface area contributed by atoms with Crippen LogP contribution in [0, 0.1) is 57.2 Å². The lowest BCUT2D eigenvalue weighted by Gasteiger charge is -2.71. The number of aldehydes is 1. The Labute approximate surface area is 190 Å². The second kappa shape index (κ2) is 6.94. The molecule has 0 aromatic heterocycles. The lowest BCUT2D eigenvalue weighted by Crippen LogP contribution is -2.65. The number of aliphatic hydroxyl groups excluding tert-OH is 1. The molecular weight excluding hydrogens is 380 g/mol. The molecule has 5 rings (SSSR count). The van der Waals surface area contributed by atoms with E-state index < -0.39 is 0 Å². The average molecular weight is 427 g/mol. The first kappa shape index (κ1) is 22.2. The van der Waals surface area contributed by atoms with Crippen LogP contribution in [0.2, 0.25) is 0 Å². The van der Waals surface area contributed by atoms with Gasteiger partial charge in [0.15, 0.2) is 0 Å². The average Bonchev–Trinajstić information content (AvgIpc) is 3.12. The third-order valence-corrected chi connectivity index (χ3v) is 12.9. The molecule has 0 aromatic rings. The summed E-state index contributed by atoms with van der Waals surface area (Å²) in [5.74, 6) is 3.56. The molecule has 2 heteroatoms. The van der Waals surface area contributed by atoms with Gasteiger partial charge in [-0.2, -0.15) is 0 Å². The molecule has 0 spiro atoms. The van der Waals surface area contributed by atoms with E-state index in [0.29, 0.717) is 45.8 Å². The third kappa shape index (κ3) is 2.64. The van der Waals surface area contributed by atoms with Crippen LogP contribution < -0.4 is 0 Å². The summed E-state index contributed by atoms with van der Waals surface area (Å²) in [6, 6.07) is 0. The van der Waals surface area contributed by atoms with Crippen molar-refractivity contribution in [3.05, 3.63) is 12.2 Å². The maximum atomic E-state index is 12.5. The highest BCUT2D eigenvalue weighted by Crippen LogP contribution is 2.76. The molecular formula is C29H46O2. The van der Waals surface area contributed by atoms with E-state index >= 15 is 0 Å². The summed E-state index contributed by atoms with van der Waals surface area (Å²) >= 11 is 0. The molecule has 5 saturated carbocycles. The van der Waals surface area contributed by atoms with Crippen LogP contribution in [0.4, 0.5) is 0 Å². The minimum absolute atomic E-state index is 0.0818. The molecule has 2 nitrogen and oxygen atoms in total. The van der Waals surface area contributed by atoms with E-state index in [9.17, 15) is 9.90 Å². The van der Waals surface area contributed by atoms with E-state index in [1.807, 2.05) is 0 Å². The Hall–Kier alpha value is -0.630. The van der Waals surface area contributed by atoms with Crippen molar-refractivity contribution in [2.45, 2.75) is 105 Å². The summed E-state index contributed by atoms with van der Waals surface area (Å²) in [7, 11) is 0. The van der Waals surface area contributed by atoms with E-state index in [4.69, 9.17) is 0 Å². The first-order valence-corrected chi connectivity index (χ1v) is 13.3. The molecule has 11 atom stereocenters. The van der Waals surface area contributed by atoms with Crippen LogP contribution in [0.1, 0.15) is 98.8 Å². The number of hydrogen-bond donors (Lipinski definition) is 1. The van der Waals surface area contributed by atoms with Gasteiger partial charge >= 0.3 is 0 Å². The summed E-state index contributed by atoms with van der Waals surface area (Å²) in [5.41, 5.74) is 2.26. The minimum Gasteiger partial charge on any atom is -0.393 e. The normalized spacial score (nSPS) is 58.5. The van der Waals surface area contributed by atoms with Gasteiger partial charge in [0, 0.05) is 5.41 Å². The van der Waals surface area contributed by atoms with Gasteiger partial charge in [-0.1, -0.05) is 39.8 Å². The summed E-state index contributed by atoms with van der Waals surface area (Å²) in [4.78, 5) is 12.5. The molecule has 3 unspecified atom stereocenters. The number of allylic oxidation sites excluding steroid dienone is 1. The van der Waals surface area contributed by atoms with Crippen molar-refractivity contribution < 1.29 is 9.90 Å². The largest absolute Gasteiger partial charge is 0.393 e. The molecule has 5 aliphatic carbocycles. The smallest absolute Gasteiger partial charge is 0.126 e. The maximum absolute atomic E-state index is 12.5. The van der Waals surface area contributed by atoms with Crippen LogP contribution in [0.3, 0.4) is 0 Å².